The van der Waals surface area contributed by atoms with Crippen LogP contribution in [-0.2, 0) is 4.79 Å². The number of halogens is 1. The van der Waals surface area contributed by atoms with E-state index in [-0.39, 0.29) is 17.8 Å². The van der Waals surface area contributed by atoms with Crippen molar-refractivity contribution >= 4 is 5.91 Å². The second-order valence-corrected chi connectivity index (χ2v) is 5.70. The molecule has 4 nitrogen and oxygen atoms in total. The summed E-state index contributed by atoms with van der Waals surface area (Å²) in [5.74, 6) is 0.732. The lowest BCUT2D eigenvalue weighted by Gasteiger charge is -2.21. The Morgan fingerprint density at radius 3 is 2.20 bits per heavy atom. The summed E-state index contributed by atoms with van der Waals surface area (Å²) in [6, 6.07) is 13.1. The highest BCUT2D eigenvalue weighted by Crippen LogP contribution is 2.19. The van der Waals surface area contributed by atoms with E-state index in [1.54, 1.807) is 0 Å². The van der Waals surface area contributed by atoms with Gasteiger partial charge < -0.3 is 14.8 Å². The van der Waals surface area contributed by atoms with Crippen LogP contribution in [0.15, 0.2) is 48.5 Å². The molecule has 0 heterocycles. The van der Waals surface area contributed by atoms with Crippen LogP contribution >= 0.6 is 0 Å². The second-order valence-electron chi connectivity index (χ2n) is 5.70. The molecule has 2 atom stereocenters. The molecule has 2 rings (SSSR count). The molecule has 0 spiro atoms. The summed E-state index contributed by atoms with van der Waals surface area (Å²) in [6.07, 6.45) is -0.116. The fraction of sp³-hybridized carbons (Fsp3) is 0.350. The van der Waals surface area contributed by atoms with Crippen molar-refractivity contribution in [3.05, 3.63) is 59.9 Å². The van der Waals surface area contributed by atoms with E-state index in [9.17, 15) is 9.18 Å². The number of hydrogen-bond acceptors (Lipinski definition) is 3. The Morgan fingerprint density at radius 1 is 1.04 bits per heavy atom. The SMILES string of the molecule is CCOc1ccc([C@@H](C)NC(=O)[C@@H](CC)Oc2ccc(F)cc2)cc1. The summed E-state index contributed by atoms with van der Waals surface area (Å²) in [6.45, 7) is 6.33. The summed E-state index contributed by atoms with van der Waals surface area (Å²) in [5.41, 5.74) is 0.980. The molecule has 0 fully saturated rings. The fourth-order valence-corrected chi connectivity index (χ4v) is 2.41. The molecule has 5 heteroatoms. The third kappa shape index (κ3) is 5.48. The molecule has 0 aliphatic heterocycles. The average molecular weight is 345 g/mol. The van der Waals surface area contributed by atoms with Crippen molar-refractivity contribution in [3.8, 4) is 11.5 Å². The van der Waals surface area contributed by atoms with Crippen LogP contribution in [0, 0.1) is 5.82 Å². The summed E-state index contributed by atoms with van der Waals surface area (Å²) in [7, 11) is 0. The van der Waals surface area contributed by atoms with Crippen LogP contribution in [-0.4, -0.2) is 18.6 Å². The van der Waals surface area contributed by atoms with Crippen LogP contribution in [0.1, 0.15) is 38.8 Å². The lowest BCUT2D eigenvalue weighted by atomic mass is 10.1. The van der Waals surface area contributed by atoms with Crippen molar-refractivity contribution in [2.24, 2.45) is 0 Å². The van der Waals surface area contributed by atoms with E-state index in [1.807, 2.05) is 45.0 Å². The minimum atomic E-state index is -0.629. The Hall–Kier alpha value is -2.56. The van der Waals surface area contributed by atoms with Gasteiger partial charge in [-0.25, -0.2) is 4.39 Å². The van der Waals surface area contributed by atoms with Gasteiger partial charge in [-0.05, 0) is 62.2 Å². The van der Waals surface area contributed by atoms with Gasteiger partial charge in [-0.3, -0.25) is 4.79 Å². The number of rotatable bonds is 8. The number of amides is 1. The Morgan fingerprint density at radius 2 is 1.64 bits per heavy atom. The molecule has 25 heavy (non-hydrogen) atoms. The monoisotopic (exact) mass is 345 g/mol. The Labute approximate surface area is 148 Å². The molecule has 0 radical (unpaired) electrons. The first kappa shape index (κ1) is 18.8. The molecule has 0 aromatic heterocycles. The molecular formula is C20H24FNO3. The van der Waals surface area contributed by atoms with Gasteiger partial charge >= 0.3 is 0 Å². The van der Waals surface area contributed by atoms with Crippen molar-refractivity contribution in [1.29, 1.82) is 0 Å². The Balaban J connectivity index is 1.96. The highest BCUT2D eigenvalue weighted by Gasteiger charge is 2.20. The maximum absolute atomic E-state index is 13.0. The Kier molecular flexibility index (Phi) is 6.81. The fourth-order valence-electron chi connectivity index (χ4n) is 2.41. The van der Waals surface area contributed by atoms with E-state index in [4.69, 9.17) is 9.47 Å². The van der Waals surface area contributed by atoms with Crippen molar-refractivity contribution in [1.82, 2.24) is 5.32 Å². The average Bonchev–Trinajstić information content (AvgIpc) is 2.62. The van der Waals surface area contributed by atoms with Crippen LogP contribution in [0.4, 0.5) is 4.39 Å². The van der Waals surface area contributed by atoms with Gasteiger partial charge in [0, 0.05) is 0 Å². The van der Waals surface area contributed by atoms with Gasteiger partial charge in [-0.15, -0.1) is 0 Å². The highest BCUT2D eigenvalue weighted by molar-refractivity contribution is 5.81. The predicted octanol–water partition coefficient (Wildman–Crippen LogP) is 4.26. The van der Waals surface area contributed by atoms with Gasteiger partial charge in [0.25, 0.3) is 5.91 Å². The molecule has 0 unspecified atom stereocenters. The summed E-state index contributed by atoms with van der Waals surface area (Å²) >= 11 is 0. The maximum atomic E-state index is 13.0. The lowest BCUT2D eigenvalue weighted by molar-refractivity contribution is -0.128. The van der Waals surface area contributed by atoms with Crippen molar-refractivity contribution in [2.45, 2.75) is 39.3 Å². The largest absolute Gasteiger partial charge is 0.494 e. The van der Waals surface area contributed by atoms with E-state index in [2.05, 4.69) is 5.32 Å². The predicted molar refractivity (Wildman–Crippen MR) is 95.3 cm³/mol. The zero-order valence-corrected chi connectivity index (χ0v) is 14.8. The molecular weight excluding hydrogens is 321 g/mol. The lowest BCUT2D eigenvalue weighted by Crippen LogP contribution is -2.39. The number of ether oxygens (including phenoxy) is 2. The van der Waals surface area contributed by atoms with E-state index in [1.165, 1.54) is 24.3 Å². The molecule has 0 aliphatic rings. The Bertz CT molecular complexity index is 670. The molecule has 1 amide bonds. The summed E-state index contributed by atoms with van der Waals surface area (Å²) < 4.78 is 24.0. The summed E-state index contributed by atoms with van der Waals surface area (Å²) in [4.78, 5) is 12.5. The molecule has 0 saturated heterocycles. The number of benzene rings is 2. The van der Waals surface area contributed by atoms with Crippen molar-refractivity contribution in [2.75, 3.05) is 6.61 Å². The van der Waals surface area contributed by atoms with Crippen molar-refractivity contribution in [3.63, 3.8) is 0 Å². The maximum Gasteiger partial charge on any atom is 0.261 e. The van der Waals surface area contributed by atoms with Crippen LogP contribution in [0.25, 0.3) is 0 Å². The third-order valence-electron chi connectivity index (χ3n) is 3.81. The third-order valence-corrected chi connectivity index (χ3v) is 3.81. The van der Waals surface area contributed by atoms with Gasteiger partial charge in [0.05, 0.1) is 12.6 Å². The molecule has 2 aromatic rings. The molecule has 2 aromatic carbocycles. The second kappa shape index (κ2) is 9.06. The topological polar surface area (TPSA) is 47.6 Å². The van der Waals surface area contributed by atoms with Crippen molar-refractivity contribution < 1.29 is 18.7 Å². The molecule has 0 aliphatic carbocycles. The zero-order valence-electron chi connectivity index (χ0n) is 14.8. The van der Waals surface area contributed by atoms with E-state index in [0.29, 0.717) is 18.8 Å². The minimum absolute atomic E-state index is 0.158. The van der Waals surface area contributed by atoms with Gasteiger partial charge in [0.15, 0.2) is 6.10 Å². The number of carbonyl (C=O) groups excluding carboxylic acids is 1. The van der Waals surface area contributed by atoms with E-state index in [0.717, 1.165) is 11.3 Å². The van der Waals surface area contributed by atoms with Crippen LogP contribution in [0.3, 0.4) is 0 Å². The van der Waals surface area contributed by atoms with Gasteiger partial charge in [-0.2, -0.15) is 0 Å². The number of carbonyl (C=O) groups is 1. The first-order valence-corrected chi connectivity index (χ1v) is 8.48. The van der Waals surface area contributed by atoms with E-state index >= 15 is 0 Å². The van der Waals surface area contributed by atoms with Crippen LogP contribution in [0.5, 0.6) is 11.5 Å². The molecule has 1 N–H and O–H groups in total. The quantitative estimate of drug-likeness (QED) is 0.778. The smallest absolute Gasteiger partial charge is 0.261 e. The normalized spacial score (nSPS) is 13.0. The van der Waals surface area contributed by atoms with Gasteiger partial charge in [0.2, 0.25) is 0 Å². The first-order valence-electron chi connectivity index (χ1n) is 8.48. The summed E-state index contributed by atoms with van der Waals surface area (Å²) in [5, 5.41) is 2.95. The number of nitrogens with one attached hydrogen (secondary N) is 1. The van der Waals surface area contributed by atoms with Crippen LogP contribution < -0.4 is 14.8 Å². The van der Waals surface area contributed by atoms with Crippen LogP contribution in [0.2, 0.25) is 0 Å². The highest BCUT2D eigenvalue weighted by atomic mass is 19.1. The molecule has 0 bridgehead atoms. The zero-order chi connectivity index (χ0) is 18.2. The number of hydrogen-bond donors (Lipinski definition) is 1. The standard InChI is InChI=1S/C20H24FNO3/c1-4-19(25-18-12-8-16(21)9-13-18)20(23)22-14(3)15-6-10-17(11-7-15)24-5-2/h6-14,19H,4-5H2,1-3H3,(H,22,23)/t14-,19-/m1/s1. The van der Waals surface area contributed by atoms with Gasteiger partial charge in [0.1, 0.15) is 17.3 Å². The first-order chi connectivity index (χ1) is 12.0. The van der Waals surface area contributed by atoms with E-state index < -0.39 is 6.10 Å². The molecule has 134 valence electrons. The minimum Gasteiger partial charge on any atom is -0.494 e. The van der Waals surface area contributed by atoms with Gasteiger partial charge in [-0.1, -0.05) is 19.1 Å². The molecule has 0 saturated carbocycles.